The first-order valence-electron chi connectivity index (χ1n) is 6.90. The molecule has 0 radical (unpaired) electrons. The van der Waals surface area contributed by atoms with Crippen LogP contribution in [0.1, 0.15) is 19.4 Å². The van der Waals surface area contributed by atoms with E-state index in [9.17, 15) is 4.79 Å². The number of hydrogen-bond donors (Lipinski definition) is 2. The van der Waals surface area contributed by atoms with E-state index in [-0.39, 0.29) is 11.4 Å². The van der Waals surface area contributed by atoms with Crippen molar-refractivity contribution < 1.29 is 4.79 Å². The molecule has 0 aliphatic carbocycles. The number of halogens is 1. The summed E-state index contributed by atoms with van der Waals surface area (Å²) in [7, 11) is 0. The number of nitrogens with one attached hydrogen (secondary N) is 2. The fourth-order valence-electron chi connectivity index (χ4n) is 2.40. The summed E-state index contributed by atoms with van der Waals surface area (Å²) in [5.41, 5.74) is 2.01. The van der Waals surface area contributed by atoms with Crippen molar-refractivity contribution in [2.24, 2.45) is 0 Å². The topological polar surface area (TPSA) is 44.4 Å². The van der Waals surface area contributed by atoms with E-state index in [0.717, 1.165) is 35.4 Å². The predicted molar refractivity (Wildman–Crippen MR) is 86.0 cm³/mol. The van der Waals surface area contributed by atoms with Gasteiger partial charge in [0.2, 0.25) is 5.91 Å². The van der Waals surface area contributed by atoms with E-state index in [4.69, 9.17) is 0 Å². The highest BCUT2D eigenvalue weighted by Gasteiger charge is 2.30. The van der Waals surface area contributed by atoms with Gasteiger partial charge in [-0.15, -0.1) is 0 Å². The molecule has 2 N–H and O–H groups in total. The molecule has 4 nitrogen and oxygen atoms in total. The molecule has 0 aromatic heterocycles. The van der Waals surface area contributed by atoms with Crippen molar-refractivity contribution in [3.05, 3.63) is 28.2 Å². The average Bonchev–Trinajstić information content (AvgIpc) is 2.35. The van der Waals surface area contributed by atoms with Crippen LogP contribution in [0.5, 0.6) is 0 Å². The molecular formula is C15H22BrN3O. The molecular weight excluding hydrogens is 318 g/mol. The number of carbonyl (C=O) groups is 1. The van der Waals surface area contributed by atoms with Crippen LogP contribution in [0.2, 0.25) is 0 Å². The second-order valence-electron chi connectivity index (χ2n) is 5.94. The van der Waals surface area contributed by atoms with Crippen molar-refractivity contribution in [2.75, 3.05) is 31.5 Å². The molecule has 1 saturated heterocycles. The average molecular weight is 340 g/mol. The molecule has 1 aromatic carbocycles. The predicted octanol–water partition coefficient (Wildman–Crippen LogP) is 2.38. The van der Waals surface area contributed by atoms with Gasteiger partial charge in [0.25, 0.3) is 0 Å². The molecule has 0 unspecified atom stereocenters. The zero-order valence-corrected chi connectivity index (χ0v) is 13.9. The summed E-state index contributed by atoms with van der Waals surface area (Å²) < 4.78 is 0.922. The van der Waals surface area contributed by atoms with Gasteiger partial charge in [-0.05, 0) is 54.4 Å². The normalized spacial score (nSPS) is 18.8. The lowest BCUT2D eigenvalue weighted by molar-refractivity contribution is -0.119. The summed E-state index contributed by atoms with van der Waals surface area (Å²) in [6, 6.07) is 5.93. The molecule has 110 valence electrons. The Morgan fingerprint density at radius 2 is 2.25 bits per heavy atom. The number of amides is 1. The fourth-order valence-corrected chi connectivity index (χ4v) is 2.99. The van der Waals surface area contributed by atoms with E-state index in [0.29, 0.717) is 6.54 Å². The van der Waals surface area contributed by atoms with Crippen molar-refractivity contribution in [2.45, 2.75) is 26.3 Å². The number of anilines is 1. The highest BCUT2D eigenvalue weighted by atomic mass is 79.9. The maximum atomic E-state index is 12.2. The largest absolute Gasteiger partial charge is 0.324 e. The first-order valence-corrected chi connectivity index (χ1v) is 7.69. The first-order chi connectivity index (χ1) is 9.38. The summed E-state index contributed by atoms with van der Waals surface area (Å²) in [5, 5.41) is 6.34. The maximum absolute atomic E-state index is 12.2. The van der Waals surface area contributed by atoms with Crippen molar-refractivity contribution in [1.82, 2.24) is 10.2 Å². The van der Waals surface area contributed by atoms with Crippen LogP contribution in [-0.4, -0.2) is 42.5 Å². The third kappa shape index (κ3) is 3.81. The van der Waals surface area contributed by atoms with Crippen LogP contribution >= 0.6 is 15.9 Å². The number of rotatable bonds is 3. The molecule has 1 aliphatic rings. The highest BCUT2D eigenvalue weighted by molar-refractivity contribution is 9.10. The van der Waals surface area contributed by atoms with Gasteiger partial charge in [0, 0.05) is 29.6 Å². The van der Waals surface area contributed by atoms with Crippen molar-refractivity contribution in [3.63, 3.8) is 0 Å². The summed E-state index contributed by atoms with van der Waals surface area (Å²) in [6.07, 6.45) is 0. The second-order valence-corrected chi connectivity index (χ2v) is 6.80. The Hall–Kier alpha value is -0.910. The van der Waals surface area contributed by atoms with E-state index in [1.807, 2.05) is 25.1 Å². The van der Waals surface area contributed by atoms with Gasteiger partial charge in [-0.3, -0.25) is 9.69 Å². The summed E-state index contributed by atoms with van der Waals surface area (Å²) >= 11 is 3.48. The quantitative estimate of drug-likeness (QED) is 0.888. The number of carbonyl (C=O) groups excluding carboxylic acids is 1. The molecule has 1 heterocycles. The fraction of sp³-hybridized carbons (Fsp3) is 0.533. The van der Waals surface area contributed by atoms with Crippen LogP contribution in [0, 0.1) is 6.92 Å². The Morgan fingerprint density at radius 1 is 1.50 bits per heavy atom. The van der Waals surface area contributed by atoms with Crippen molar-refractivity contribution >= 4 is 27.5 Å². The van der Waals surface area contributed by atoms with Gasteiger partial charge in [0.05, 0.1) is 12.2 Å². The molecule has 2 rings (SSSR count). The van der Waals surface area contributed by atoms with Crippen molar-refractivity contribution in [3.8, 4) is 0 Å². The molecule has 1 aromatic rings. The standard InChI is InChI=1S/C15H22BrN3O/c1-11-4-5-13(12(16)8-11)18-14(20)9-19-7-6-17-10-15(19,2)3/h4-5,8,17H,6-7,9-10H2,1-3H3,(H,18,20). The van der Waals surface area contributed by atoms with Crippen LogP contribution in [0.15, 0.2) is 22.7 Å². The van der Waals surface area contributed by atoms with E-state index in [2.05, 4.69) is 45.3 Å². The number of piperazine rings is 1. The number of aryl methyl sites for hydroxylation is 1. The monoisotopic (exact) mass is 339 g/mol. The smallest absolute Gasteiger partial charge is 0.238 e. The van der Waals surface area contributed by atoms with E-state index in [1.54, 1.807) is 0 Å². The van der Waals surface area contributed by atoms with Crippen LogP contribution in [0.25, 0.3) is 0 Å². The van der Waals surface area contributed by atoms with E-state index in [1.165, 1.54) is 0 Å². The summed E-state index contributed by atoms with van der Waals surface area (Å²) in [4.78, 5) is 14.4. The summed E-state index contributed by atoms with van der Waals surface area (Å²) in [5.74, 6) is 0.0320. The Balaban J connectivity index is 1.98. The molecule has 1 aliphatic heterocycles. The lowest BCUT2D eigenvalue weighted by Gasteiger charge is -2.42. The van der Waals surface area contributed by atoms with Gasteiger partial charge in [-0.1, -0.05) is 6.07 Å². The molecule has 1 amide bonds. The van der Waals surface area contributed by atoms with Crippen LogP contribution in [-0.2, 0) is 4.79 Å². The van der Waals surface area contributed by atoms with Gasteiger partial charge >= 0.3 is 0 Å². The van der Waals surface area contributed by atoms with E-state index < -0.39 is 0 Å². The minimum atomic E-state index is 0.0140. The molecule has 0 spiro atoms. The number of hydrogen-bond acceptors (Lipinski definition) is 3. The van der Waals surface area contributed by atoms with Crippen LogP contribution in [0.4, 0.5) is 5.69 Å². The Morgan fingerprint density at radius 3 is 2.90 bits per heavy atom. The lowest BCUT2D eigenvalue weighted by Crippen LogP contribution is -2.59. The first kappa shape index (κ1) is 15.5. The third-order valence-electron chi connectivity index (χ3n) is 3.71. The van der Waals surface area contributed by atoms with Gasteiger partial charge in [-0.2, -0.15) is 0 Å². The zero-order chi connectivity index (χ0) is 14.8. The second kappa shape index (κ2) is 6.24. The molecule has 0 saturated carbocycles. The van der Waals surface area contributed by atoms with Gasteiger partial charge < -0.3 is 10.6 Å². The molecule has 20 heavy (non-hydrogen) atoms. The van der Waals surface area contributed by atoms with Crippen molar-refractivity contribution in [1.29, 1.82) is 0 Å². The molecule has 0 atom stereocenters. The van der Waals surface area contributed by atoms with Gasteiger partial charge in [0.15, 0.2) is 0 Å². The molecule has 0 bridgehead atoms. The maximum Gasteiger partial charge on any atom is 0.238 e. The highest BCUT2D eigenvalue weighted by Crippen LogP contribution is 2.23. The molecule has 5 heteroatoms. The summed E-state index contributed by atoms with van der Waals surface area (Å²) in [6.45, 7) is 9.52. The van der Waals surface area contributed by atoms with Gasteiger partial charge in [0.1, 0.15) is 0 Å². The lowest BCUT2D eigenvalue weighted by atomic mass is 10.0. The van der Waals surface area contributed by atoms with Crippen LogP contribution in [0.3, 0.4) is 0 Å². The Labute approximate surface area is 129 Å². The Kier molecular flexibility index (Phi) is 4.83. The minimum absolute atomic E-state index is 0.0140. The number of nitrogens with zero attached hydrogens (tertiary/aromatic N) is 1. The van der Waals surface area contributed by atoms with Gasteiger partial charge in [-0.25, -0.2) is 0 Å². The van der Waals surface area contributed by atoms with E-state index >= 15 is 0 Å². The van der Waals surface area contributed by atoms with Crippen LogP contribution < -0.4 is 10.6 Å². The number of benzene rings is 1. The Bertz CT molecular complexity index is 502. The SMILES string of the molecule is Cc1ccc(NC(=O)CN2CCNCC2(C)C)c(Br)c1. The molecule has 1 fully saturated rings. The minimum Gasteiger partial charge on any atom is -0.324 e. The third-order valence-corrected chi connectivity index (χ3v) is 4.36. The zero-order valence-electron chi connectivity index (χ0n) is 12.3.